The summed E-state index contributed by atoms with van der Waals surface area (Å²) < 4.78 is 15.7. The lowest BCUT2D eigenvalue weighted by Crippen LogP contribution is -1.91. The average molecular weight is 861 g/mol. The number of hydrogen-bond donors (Lipinski definition) is 3. The molecule has 0 bridgehead atoms. The van der Waals surface area contributed by atoms with Gasteiger partial charge in [-0.2, -0.15) is 0 Å². The average Bonchev–Trinajstić information content (AvgIpc) is 3.31. The number of para-hydroxylation sites is 6. The van der Waals surface area contributed by atoms with Gasteiger partial charge in [-0.1, -0.05) is 228 Å². The summed E-state index contributed by atoms with van der Waals surface area (Å²) in [5.74, 6) is 3.64. The summed E-state index contributed by atoms with van der Waals surface area (Å²) in [4.78, 5) is 0. The SMILES string of the molecule is C=CCOc1ccccc1.C=CCOc1ccccc1.C=CCOc1ccccc1.CCC.CCC.CCC.CCC.Oc1ccccc1.Oc1ccccc1.Oc1ccccc1. The molecule has 0 saturated heterocycles. The summed E-state index contributed by atoms with van der Waals surface area (Å²) in [5.41, 5.74) is 0. The minimum Gasteiger partial charge on any atom is -0.508 e. The lowest BCUT2D eigenvalue weighted by molar-refractivity contribution is 0.363. The van der Waals surface area contributed by atoms with Crippen LogP contribution in [0.1, 0.15) is 81.1 Å². The van der Waals surface area contributed by atoms with E-state index in [1.165, 1.54) is 25.7 Å². The standard InChI is InChI=1S/3C9H10O.3C6H6O.4C3H8/c3*1-2-8-10-9-6-4-3-5-7-9;3*7-6-4-2-1-3-5-6;4*1-3-2/h3*2-7H,1,8H2;3*1-5,7H;4*3H2,1-2H3. The van der Waals surface area contributed by atoms with Crippen LogP contribution < -0.4 is 14.2 Å². The Morgan fingerprint density at radius 2 is 0.444 bits per heavy atom. The molecule has 6 heteroatoms. The molecule has 0 saturated carbocycles. The molecular formula is C57H80O6. The van der Waals surface area contributed by atoms with E-state index < -0.39 is 0 Å². The molecule has 0 spiro atoms. The fraction of sp³-hybridized carbons (Fsp3) is 0.263. The minimum atomic E-state index is 0.322. The third-order valence-corrected chi connectivity index (χ3v) is 5.60. The molecule has 344 valence electrons. The van der Waals surface area contributed by atoms with Gasteiger partial charge < -0.3 is 29.5 Å². The quantitative estimate of drug-likeness (QED) is 0.126. The highest BCUT2D eigenvalue weighted by molar-refractivity contribution is 5.23. The fourth-order valence-electron chi connectivity index (χ4n) is 3.30. The van der Waals surface area contributed by atoms with Crippen LogP contribution in [0.15, 0.2) is 220 Å². The van der Waals surface area contributed by atoms with Crippen LogP contribution in [0.5, 0.6) is 34.5 Å². The van der Waals surface area contributed by atoms with Crippen LogP contribution in [0.2, 0.25) is 0 Å². The van der Waals surface area contributed by atoms with Crippen molar-refractivity contribution in [1.29, 1.82) is 0 Å². The van der Waals surface area contributed by atoms with E-state index in [1.54, 1.807) is 91.0 Å². The van der Waals surface area contributed by atoms with Crippen molar-refractivity contribution in [1.82, 2.24) is 0 Å². The molecule has 6 rings (SSSR count). The molecule has 0 fully saturated rings. The van der Waals surface area contributed by atoms with Crippen molar-refractivity contribution in [3.63, 3.8) is 0 Å². The first-order valence-corrected chi connectivity index (χ1v) is 21.7. The second kappa shape index (κ2) is 55.3. The maximum Gasteiger partial charge on any atom is 0.119 e. The molecule has 6 aromatic carbocycles. The maximum absolute atomic E-state index is 8.63. The predicted molar refractivity (Wildman–Crippen MR) is 275 cm³/mol. The Hall–Kier alpha value is -6.66. The molecule has 0 aliphatic rings. The van der Waals surface area contributed by atoms with Crippen molar-refractivity contribution in [3.05, 3.63) is 220 Å². The Bertz CT molecular complexity index is 1490. The normalized spacial score (nSPS) is 8.19. The van der Waals surface area contributed by atoms with Gasteiger partial charge >= 0.3 is 0 Å². The van der Waals surface area contributed by atoms with Gasteiger partial charge in [0, 0.05) is 0 Å². The van der Waals surface area contributed by atoms with E-state index in [9.17, 15) is 0 Å². The van der Waals surface area contributed by atoms with Crippen LogP contribution in [-0.4, -0.2) is 35.1 Å². The molecule has 0 aliphatic carbocycles. The lowest BCUT2D eigenvalue weighted by Gasteiger charge is -1.99. The molecule has 3 N–H and O–H groups in total. The summed E-state index contributed by atoms with van der Waals surface area (Å²) >= 11 is 0. The predicted octanol–water partition coefficient (Wildman–Crippen LogP) is 16.6. The van der Waals surface area contributed by atoms with Crippen LogP contribution in [0.3, 0.4) is 0 Å². The Morgan fingerprint density at radius 3 is 0.556 bits per heavy atom. The Labute approximate surface area is 383 Å². The largest absolute Gasteiger partial charge is 0.508 e. The first kappa shape index (κ1) is 63.0. The van der Waals surface area contributed by atoms with E-state index in [-0.39, 0.29) is 0 Å². The van der Waals surface area contributed by atoms with Gasteiger partial charge in [-0.05, 0) is 72.8 Å². The molecule has 6 nitrogen and oxygen atoms in total. The van der Waals surface area contributed by atoms with Gasteiger partial charge in [-0.3, -0.25) is 0 Å². The number of phenols is 3. The van der Waals surface area contributed by atoms with Gasteiger partial charge in [0.05, 0.1) is 0 Å². The molecular weight excluding hydrogens is 781 g/mol. The molecule has 0 unspecified atom stereocenters. The highest BCUT2D eigenvalue weighted by Crippen LogP contribution is 2.09. The van der Waals surface area contributed by atoms with Crippen LogP contribution >= 0.6 is 0 Å². The number of rotatable bonds is 9. The van der Waals surface area contributed by atoms with Crippen molar-refractivity contribution >= 4 is 0 Å². The summed E-state index contributed by atoms with van der Waals surface area (Å²) in [6, 6.07) is 55.2. The molecule has 63 heavy (non-hydrogen) atoms. The molecule has 0 heterocycles. The lowest BCUT2D eigenvalue weighted by atomic mass is 10.3. The second-order valence-electron chi connectivity index (χ2n) is 12.6. The number of phenolic OH excluding ortho intramolecular Hbond substituents is 3. The zero-order chi connectivity index (χ0) is 47.9. The van der Waals surface area contributed by atoms with E-state index in [4.69, 9.17) is 29.5 Å². The number of ether oxygens (including phenoxy) is 3. The highest BCUT2D eigenvalue weighted by atomic mass is 16.5. The number of hydrogen-bond acceptors (Lipinski definition) is 6. The molecule has 0 amide bonds. The van der Waals surface area contributed by atoms with Gasteiger partial charge in [0.15, 0.2) is 0 Å². The molecule has 6 aromatic rings. The monoisotopic (exact) mass is 861 g/mol. The van der Waals surface area contributed by atoms with Crippen molar-refractivity contribution < 1.29 is 29.5 Å². The van der Waals surface area contributed by atoms with E-state index >= 15 is 0 Å². The van der Waals surface area contributed by atoms with Crippen molar-refractivity contribution in [2.75, 3.05) is 19.8 Å². The van der Waals surface area contributed by atoms with Gasteiger partial charge in [0.25, 0.3) is 0 Å². The fourth-order valence-corrected chi connectivity index (χ4v) is 3.30. The summed E-state index contributed by atoms with van der Waals surface area (Å²) in [7, 11) is 0. The Kier molecular flexibility index (Phi) is 55.3. The zero-order valence-corrected chi connectivity index (χ0v) is 39.7. The minimum absolute atomic E-state index is 0.322. The zero-order valence-electron chi connectivity index (χ0n) is 39.7. The van der Waals surface area contributed by atoms with Crippen LogP contribution in [0, 0.1) is 0 Å². The third-order valence-electron chi connectivity index (χ3n) is 5.60. The summed E-state index contributed by atoms with van der Waals surface area (Å²) in [6.07, 6.45) is 10.2. The Balaban J connectivity index is -0.000000317. The van der Waals surface area contributed by atoms with E-state index in [1.807, 2.05) is 109 Å². The van der Waals surface area contributed by atoms with Crippen molar-refractivity contribution in [2.45, 2.75) is 81.1 Å². The van der Waals surface area contributed by atoms with Crippen molar-refractivity contribution in [3.8, 4) is 34.5 Å². The van der Waals surface area contributed by atoms with Gasteiger partial charge in [0.2, 0.25) is 0 Å². The van der Waals surface area contributed by atoms with E-state index in [0.717, 1.165) is 17.2 Å². The van der Waals surface area contributed by atoms with Gasteiger partial charge in [-0.15, -0.1) is 0 Å². The first-order chi connectivity index (χ1) is 30.6. The van der Waals surface area contributed by atoms with E-state index in [0.29, 0.717) is 37.1 Å². The topological polar surface area (TPSA) is 88.4 Å². The maximum atomic E-state index is 8.63. The molecule has 0 aromatic heterocycles. The molecule has 0 aliphatic heterocycles. The summed E-state index contributed by atoms with van der Waals surface area (Å²) in [6.45, 7) is 29.4. The Morgan fingerprint density at radius 1 is 0.302 bits per heavy atom. The second-order valence-corrected chi connectivity index (χ2v) is 12.6. The summed E-state index contributed by atoms with van der Waals surface area (Å²) in [5, 5.41) is 25.9. The third kappa shape index (κ3) is 55.3. The van der Waals surface area contributed by atoms with E-state index in [2.05, 4.69) is 75.1 Å². The van der Waals surface area contributed by atoms with Crippen LogP contribution in [-0.2, 0) is 0 Å². The van der Waals surface area contributed by atoms with Crippen LogP contribution in [0.25, 0.3) is 0 Å². The smallest absolute Gasteiger partial charge is 0.119 e. The number of benzene rings is 6. The first-order valence-electron chi connectivity index (χ1n) is 21.7. The molecule has 0 atom stereocenters. The van der Waals surface area contributed by atoms with Crippen molar-refractivity contribution in [2.24, 2.45) is 0 Å². The van der Waals surface area contributed by atoms with Crippen LogP contribution in [0.4, 0.5) is 0 Å². The van der Waals surface area contributed by atoms with Gasteiger partial charge in [0.1, 0.15) is 54.3 Å². The molecule has 0 radical (unpaired) electrons. The number of aromatic hydroxyl groups is 3. The van der Waals surface area contributed by atoms with Gasteiger partial charge in [-0.25, -0.2) is 0 Å². The highest BCUT2D eigenvalue weighted by Gasteiger charge is 1.87.